The van der Waals surface area contributed by atoms with E-state index in [1.54, 1.807) is 7.11 Å². The molecule has 1 aromatic carbocycles. The van der Waals surface area contributed by atoms with Crippen molar-refractivity contribution in [3.63, 3.8) is 0 Å². The lowest BCUT2D eigenvalue weighted by Crippen LogP contribution is -2.32. The minimum absolute atomic E-state index is 0.166. The van der Waals surface area contributed by atoms with Crippen LogP contribution in [-0.4, -0.2) is 43.9 Å². The minimum atomic E-state index is 0.166. The Bertz CT molecular complexity index is 704. The van der Waals surface area contributed by atoms with Gasteiger partial charge in [0.15, 0.2) is 0 Å². The van der Waals surface area contributed by atoms with E-state index in [0.29, 0.717) is 18.9 Å². The number of carbonyl (C=O) groups is 1. The van der Waals surface area contributed by atoms with E-state index in [0.717, 1.165) is 52.0 Å². The van der Waals surface area contributed by atoms with Crippen LogP contribution < -0.4 is 5.32 Å². The first kappa shape index (κ1) is 18.9. The van der Waals surface area contributed by atoms with Crippen LogP contribution in [0.3, 0.4) is 0 Å². The van der Waals surface area contributed by atoms with Gasteiger partial charge in [-0.15, -0.1) is 0 Å². The maximum absolute atomic E-state index is 12.1. The van der Waals surface area contributed by atoms with E-state index in [1.165, 1.54) is 16.5 Å². The van der Waals surface area contributed by atoms with Crippen molar-refractivity contribution in [2.45, 2.75) is 38.6 Å². The van der Waals surface area contributed by atoms with E-state index >= 15 is 0 Å². The van der Waals surface area contributed by atoms with Gasteiger partial charge in [0.05, 0.1) is 6.61 Å². The van der Waals surface area contributed by atoms with Crippen molar-refractivity contribution < 1.29 is 14.3 Å². The number of hydrogen-bond acceptors (Lipinski definition) is 3. The Hall–Kier alpha value is -1.85. The Morgan fingerprint density at radius 1 is 1.31 bits per heavy atom. The van der Waals surface area contributed by atoms with Crippen molar-refractivity contribution in [2.75, 3.05) is 33.5 Å². The van der Waals surface area contributed by atoms with Crippen molar-refractivity contribution in [1.82, 2.24) is 9.88 Å². The van der Waals surface area contributed by atoms with E-state index in [4.69, 9.17) is 9.47 Å². The van der Waals surface area contributed by atoms with Crippen LogP contribution in [0.2, 0.25) is 0 Å². The van der Waals surface area contributed by atoms with Crippen LogP contribution >= 0.6 is 0 Å². The summed E-state index contributed by atoms with van der Waals surface area (Å²) in [7, 11) is 1.73. The normalized spacial score (nSPS) is 15.4. The molecule has 1 aromatic heterocycles. The van der Waals surface area contributed by atoms with Crippen LogP contribution in [-0.2, 0) is 27.2 Å². The number of amides is 1. The second kappa shape index (κ2) is 9.74. The fourth-order valence-corrected chi connectivity index (χ4v) is 3.63. The summed E-state index contributed by atoms with van der Waals surface area (Å²) in [5.74, 6) is 0.742. The van der Waals surface area contributed by atoms with Crippen LogP contribution in [0.15, 0.2) is 30.5 Å². The van der Waals surface area contributed by atoms with E-state index in [2.05, 4.69) is 40.3 Å². The maximum Gasteiger partial charge on any atom is 0.220 e. The highest BCUT2D eigenvalue weighted by atomic mass is 16.5. The third kappa shape index (κ3) is 5.08. The van der Waals surface area contributed by atoms with Crippen molar-refractivity contribution in [2.24, 2.45) is 5.92 Å². The second-order valence-corrected chi connectivity index (χ2v) is 7.07. The molecule has 1 saturated heterocycles. The minimum Gasteiger partial charge on any atom is -0.383 e. The molecule has 142 valence electrons. The highest BCUT2D eigenvalue weighted by Crippen LogP contribution is 2.23. The first-order valence-corrected chi connectivity index (χ1v) is 9.68. The number of nitrogens with zero attached hydrogens (tertiary/aromatic N) is 1. The third-order valence-corrected chi connectivity index (χ3v) is 5.19. The van der Waals surface area contributed by atoms with Gasteiger partial charge in [-0.25, -0.2) is 0 Å². The molecule has 0 bridgehead atoms. The van der Waals surface area contributed by atoms with Gasteiger partial charge in [-0.1, -0.05) is 18.2 Å². The first-order valence-electron chi connectivity index (χ1n) is 9.68. The van der Waals surface area contributed by atoms with Gasteiger partial charge in [0.2, 0.25) is 5.91 Å². The lowest BCUT2D eigenvalue weighted by Gasteiger charge is -2.22. The molecular weight excluding hydrogens is 328 g/mol. The Balaban J connectivity index is 1.48. The van der Waals surface area contributed by atoms with E-state index in [9.17, 15) is 4.79 Å². The first-order chi connectivity index (χ1) is 12.8. The number of methoxy groups -OCH3 is 1. The summed E-state index contributed by atoms with van der Waals surface area (Å²) in [6, 6.07) is 8.46. The Labute approximate surface area is 155 Å². The molecule has 0 saturated carbocycles. The molecule has 1 aliphatic heterocycles. The number of benzene rings is 1. The summed E-state index contributed by atoms with van der Waals surface area (Å²) in [5, 5.41) is 4.38. The largest absolute Gasteiger partial charge is 0.383 e. The summed E-state index contributed by atoms with van der Waals surface area (Å²) in [4.78, 5) is 12.1. The molecule has 5 nitrogen and oxygen atoms in total. The van der Waals surface area contributed by atoms with Gasteiger partial charge in [0, 0.05) is 56.9 Å². The Morgan fingerprint density at radius 3 is 2.92 bits per heavy atom. The molecule has 1 aliphatic rings. The number of fused-ring (bicyclic) bond motifs is 1. The summed E-state index contributed by atoms with van der Waals surface area (Å²) >= 11 is 0. The standard InChI is InChI=1S/C21H30N2O3/c1-25-14-11-23-16-18(19-6-2-3-7-20(19)23)5-4-8-21(24)22-15-17-9-12-26-13-10-17/h2-3,6-7,16-17H,4-5,8-15H2,1H3,(H,22,24). The number of hydrogen-bond donors (Lipinski definition) is 1. The van der Waals surface area contributed by atoms with E-state index < -0.39 is 0 Å². The molecule has 26 heavy (non-hydrogen) atoms. The maximum atomic E-state index is 12.1. The van der Waals surface area contributed by atoms with Gasteiger partial charge in [-0.05, 0) is 43.2 Å². The highest BCUT2D eigenvalue weighted by molar-refractivity contribution is 5.84. The molecule has 0 aliphatic carbocycles. The lowest BCUT2D eigenvalue weighted by atomic mass is 10.0. The van der Waals surface area contributed by atoms with Crippen molar-refractivity contribution in [3.05, 3.63) is 36.0 Å². The molecule has 2 heterocycles. The predicted octanol–water partition coefficient (Wildman–Crippen LogP) is 3.15. The number of carbonyl (C=O) groups excluding carboxylic acids is 1. The summed E-state index contributed by atoms with van der Waals surface area (Å²) in [6.45, 7) is 4.00. The number of rotatable bonds is 9. The molecule has 1 amide bonds. The predicted molar refractivity (Wildman–Crippen MR) is 103 cm³/mol. The van der Waals surface area contributed by atoms with Crippen molar-refractivity contribution in [1.29, 1.82) is 0 Å². The molecule has 1 fully saturated rings. The zero-order valence-electron chi connectivity index (χ0n) is 15.7. The molecule has 3 rings (SSSR count). The number of nitrogens with one attached hydrogen (secondary N) is 1. The zero-order chi connectivity index (χ0) is 18.2. The smallest absolute Gasteiger partial charge is 0.220 e. The Morgan fingerprint density at radius 2 is 2.12 bits per heavy atom. The molecule has 1 N–H and O–H groups in total. The number of para-hydroxylation sites is 1. The zero-order valence-corrected chi connectivity index (χ0v) is 15.7. The van der Waals surface area contributed by atoms with Gasteiger partial charge in [0.1, 0.15) is 0 Å². The second-order valence-electron chi connectivity index (χ2n) is 7.07. The number of ether oxygens (including phenoxy) is 2. The van der Waals surface area contributed by atoms with Crippen molar-refractivity contribution in [3.8, 4) is 0 Å². The van der Waals surface area contributed by atoms with Gasteiger partial charge < -0.3 is 19.4 Å². The molecule has 0 unspecified atom stereocenters. The van der Waals surface area contributed by atoms with Gasteiger partial charge in [-0.3, -0.25) is 4.79 Å². The van der Waals surface area contributed by atoms with Crippen LogP contribution in [0.5, 0.6) is 0 Å². The lowest BCUT2D eigenvalue weighted by molar-refractivity contribution is -0.121. The quantitative estimate of drug-likeness (QED) is 0.749. The molecular formula is C21H30N2O3. The molecule has 0 radical (unpaired) electrons. The van der Waals surface area contributed by atoms with Gasteiger partial charge in [0.25, 0.3) is 0 Å². The number of aromatic nitrogens is 1. The summed E-state index contributed by atoms with van der Waals surface area (Å²) in [5.41, 5.74) is 2.55. The van der Waals surface area contributed by atoms with Crippen molar-refractivity contribution >= 4 is 16.8 Å². The average molecular weight is 358 g/mol. The van der Waals surface area contributed by atoms with Crippen LogP contribution in [0.25, 0.3) is 10.9 Å². The average Bonchev–Trinajstić information content (AvgIpc) is 3.03. The van der Waals surface area contributed by atoms with Crippen LogP contribution in [0.4, 0.5) is 0 Å². The molecule has 5 heteroatoms. The SMILES string of the molecule is COCCn1cc(CCCC(=O)NCC2CCOCC2)c2ccccc21. The Kier molecular flexibility index (Phi) is 7.09. The van der Waals surface area contributed by atoms with Crippen LogP contribution in [0, 0.1) is 5.92 Å². The number of aryl methyl sites for hydroxylation is 1. The fourth-order valence-electron chi connectivity index (χ4n) is 3.63. The fraction of sp³-hybridized carbons (Fsp3) is 0.571. The molecule has 0 spiro atoms. The molecule has 0 atom stereocenters. The van der Waals surface area contributed by atoms with Crippen LogP contribution in [0.1, 0.15) is 31.2 Å². The topological polar surface area (TPSA) is 52.5 Å². The van der Waals surface area contributed by atoms with E-state index in [-0.39, 0.29) is 5.91 Å². The van der Waals surface area contributed by atoms with Gasteiger partial charge in [-0.2, -0.15) is 0 Å². The van der Waals surface area contributed by atoms with Gasteiger partial charge >= 0.3 is 0 Å². The third-order valence-electron chi connectivity index (χ3n) is 5.19. The summed E-state index contributed by atoms with van der Waals surface area (Å²) < 4.78 is 12.8. The summed E-state index contributed by atoms with van der Waals surface area (Å²) in [6.07, 6.45) is 6.70. The molecule has 2 aromatic rings. The highest BCUT2D eigenvalue weighted by Gasteiger charge is 2.14. The van der Waals surface area contributed by atoms with E-state index in [1.807, 2.05) is 0 Å². The monoisotopic (exact) mass is 358 g/mol.